The fraction of sp³-hybridized carbons (Fsp3) is 0.667. The van der Waals surface area contributed by atoms with E-state index in [-0.39, 0.29) is 4.75 Å². The Hall–Kier alpha value is -0.680. The zero-order valence-electron chi connectivity index (χ0n) is 13.3. The summed E-state index contributed by atoms with van der Waals surface area (Å²) in [7, 11) is 2.11. The minimum absolute atomic E-state index is 0.190. The summed E-state index contributed by atoms with van der Waals surface area (Å²) in [5.41, 5.74) is 0. The van der Waals surface area contributed by atoms with Crippen molar-refractivity contribution in [1.29, 1.82) is 0 Å². The summed E-state index contributed by atoms with van der Waals surface area (Å²) in [6.45, 7) is 9.31. The van der Waals surface area contributed by atoms with Crippen LogP contribution >= 0.6 is 23.1 Å². The quantitative estimate of drug-likeness (QED) is 0.618. The van der Waals surface area contributed by atoms with E-state index in [1.807, 2.05) is 23.1 Å². The molecule has 0 bridgehead atoms. The lowest BCUT2D eigenvalue weighted by molar-refractivity contribution is 0.485. The summed E-state index contributed by atoms with van der Waals surface area (Å²) in [4.78, 5) is 8.42. The second-order valence-electron chi connectivity index (χ2n) is 5.38. The fourth-order valence-electron chi connectivity index (χ4n) is 1.64. The molecule has 0 spiro atoms. The van der Waals surface area contributed by atoms with Gasteiger partial charge in [-0.2, -0.15) is 11.8 Å². The lowest BCUT2D eigenvalue weighted by atomic mass is 10.2. The Kier molecular flexibility index (Phi) is 7.45. The average Bonchev–Trinajstić information content (AvgIpc) is 2.94. The van der Waals surface area contributed by atoms with E-state index in [9.17, 15) is 0 Å². The summed E-state index contributed by atoms with van der Waals surface area (Å²) in [5, 5.41) is 5.51. The van der Waals surface area contributed by atoms with Crippen LogP contribution in [0, 0.1) is 0 Å². The number of guanidine groups is 1. The van der Waals surface area contributed by atoms with Crippen molar-refractivity contribution in [2.45, 2.75) is 31.9 Å². The Morgan fingerprint density at radius 2 is 2.25 bits per heavy atom. The Balaban J connectivity index is 2.57. The highest BCUT2D eigenvalue weighted by atomic mass is 32.2. The first-order valence-corrected chi connectivity index (χ1v) is 9.16. The molecule has 0 aliphatic carbocycles. The Morgan fingerprint density at radius 1 is 1.50 bits per heavy atom. The van der Waals surface area contributed by atoms with Gasteiger partial charge in [0.05, 0.1) is 6.54 Å². The van der Waals surface area contributed by atoms with Gasteiger partial charge in [0.15, 0.2) is 5.96 Å². The van der Waals surface area contributed by atoms with Gasteiger partial charge in [-0.3, -0.25) is 4.99 Å². The molecule has 0 aliphatic heterocycles. The highest BCUT2D eigenvalue weighted by molar-refractivity contribution is 7.99. The van der Waals surface area contributed by atoms with Crippen molar-refractivity contribution in [3.8, 4) is 0 Å². The number of hydrogen-bond acceptors (Lipinski definition) is 3. The van der Waals surface area contributed by atoms with Crippen molar-refractivity contribution in [2.24, 2.45) is 4.99 Å². The van der Waals surface area contributed by atoms with Crippen molar-refractivity contribution < 1.29 is 0 Å². The molecule has 5 heteroatoms. The Bertz CT molecular complexity index is 399. The largest absolute Gasteiger partial charge is 0.357 e. The molecule has 1 aromatic heterocycles. The van der Waals surface area contributed by atoms with Crippen LogP contribution in [0.4, 0.5) is 0 Å². The molecule has 0 aliphatic rings. The van der Waals surface area contributed by atoms with Crippen LogP contribution in [0.5, 0.6) is 0 Å². The molecule has 0 aromatic carbocycles. The third-order valence-electron chi connectivity index (χ3n) is 3.13. The summed E-state index contributed by atoms with van der Waals surface area (Å²) >= 11 is 3.68. The predicted octanol–water partition coefficient (Wildman–Crippen LogP) is 3.33. The van der Waals surface area contributed by atoms with Gasteiger partial charge in [-0.05, 0) is 44.9 Å². The first kappa shape index (κ1) is 17.4. The molecule has 114 valence electrons. The van der Waals surface area contributed by atoms with Crippen molar-refractivity contribution >= 4 is 29.1 Å². The third-order valence-corrected chi connectivity index (χ3v) is 5.30. The minimum atomic E-state index is 0.190. The van der Waals surface area contributed by atoms with Crippen LogP contribution in [0.15, 0.2) is 22.5 Å². The zero-order chi connectivity index (χ0) is 15.0. The van der Waals surface area contributed by atoms with E-state index < -0.39 is 0 Å². The molecular formula is C15H27N3S2. The summed E-state index contributed by atoms with van der Waals surface area (Å²) in [5.74, 6) is 1.01. The first-order valence-electron chi connectivity index (χ1n) is 7.05. The zero-order valence-corrected chi connectivity index (χ0v) is 14.9. The van der Waals surface area contributed by atoms with Gasteiger partial charge in [0.2, 0.25) is 0 Å². The van der Waals surface area contributed by atoms with Crippen LogP contribution < -0.4 is 5.32 Å². The molecule has 0 fully saturated rings. The maximum Gasteiger partial charge on any atom is 0.193 e. The summed E-state index contributed by atoms with van der Waals surface area (Å²) in [6, 6.07) is 4.31. The monoisotopic (exact) mass is 313 g/mol. The fourth-order valence-corrected chi connectivity index (χ4v) is 2.53. The smallest absolute Gasteiger partial charge is 0.193 e. The molecule has 1 heterocycles. The number of likely N-dealkylation sites (N-methyl/N-ethyl adjacent to an activating group) is 1. The van der Waals surface area contributed by atoms with Gasteiger partial charge in [0.1, 0.15) is 0 Å². The van der Waals surface area contributed by atoms with Gasteiger partial charge in [-0.15, -0.1) is 11.3 Å². The number of thioether (sulfide) groups is 1. The van der Waals surface area contributed by atoms with E-state index in [2.05, 4.69) is 61.8 Å². The third kappa shape index (κ3) is 6.18. The van der Waals surface area contributed by atoms with E-state index in [0.717, 1.165) is 32.0 Å². The molecule has 0 amide bonds. The van der Waals surface area contributed by atoms with Crippen LogP contribution in [0.2, 0.25) is 0 Å². The van der Waals surface area contributed by atoms with Crippen molar-refractivity contribution in [1.82, 2.24) is 10.2 Å². The van der Waals surface area contributed by atoms with Gasteiger partial charge in [0, 0.05) is 29.8 Å². The molecule has 0 saturated heterocycles. The second kappa shape index (κ2) is 8.57. The topological polar surface area (TPSA) is 27.6 Å². The minimum Gasteiger partial charge on any atom is -0.357 e. The molecule has 20 heavy (non-hydrogen) atoms. The first-order chi connectivity index (χ1) is 9.48. The summed E-state index contributed by atoms with van der Waals surface area (Å²) in [6.07, 6.45) is 3.22. The van der Waals surface area contributed by atoms with Crippen LogP contribution in [0.3, 0.4) is 0 Å². The molecule has 0 radical (unpaired) electrons. The van der Waals surface area contributed by atoms with E-state index in [1.165, 1.54) is 4.88 Å². The van der Waals surface area contributed by atoms with E-state index in [4.69, 9.17) is 4.99 Å². The number of aliphatic imine (C=N–C) groups is 1. The van der Waals surface area contributed by atoms with Gasteiger partial charge >= 0.3 is 0 Å². The predicted molar refractivity (Wildman–Crippen MR) is 94.2 cm³/mol. The van der Waals surface area contributed by atoms with E-state index >= 15 is 0 Å². The standard InChI is InChI=1S/C15H27N3S2/c1-6-16-14(17-12-15(2,3)19-5)18(4)10-9-13-8-7-11-20-13/h7-8,11H,6,9-10,12H2,1-5H3,(H,16,17). The molecule has 0 saturated carbocycles. The molecule has 1 aromatic rings. The van der Waals surface area contributed by atoms with Crippen molar-refractivity contribution in [3.63, 3.8) is 0 Å². The van der Waals surface area contributed by atoms with Crippen LogP contribution in [-0.2, 0) is 6.42 Å². The van der Waals surface area contributed by atoms with E-state index in [0.29, 0.717) is 0 Å². The lowest BCUT2D eigenvalue weighted by Crippen LogP contribution is -2.40. The van der Waals surface area contributed by atoms with Crippen LogP contribution in [-0.4, -0.2) is 48.5 Å². The Labute approximate surface area is 131 Å². The van der Waals surface area contributed by atoms with Gasteiger partial charge in [0.25, 0.3) is 0 Å². The molecule has 0 atom stereocenters. The summed E-state index contributed by atoms with van der Waals surface area (Å²) < 4.78 is 0.190. The van der Waals surface area contributed by atoms with Gasteiger partial charge < -0.3 is 10.2 Å². The van der Waals surface area contributed by atoms with Gasteiger partial charge in [-0.25, -0.2) is 0 Å². The normalized spacial score (nSPS) is 12.6. The number of nitrogens with zero attached hydrogens (tertiary/aromatic N) is 2. The van der Waals surface area contributed by atoms with Crippen molar-refractivity contribution in [2.75, 3.05) is 32.9 Å². The average molecular weight is 314 g/mol. The van der Waals surface area contributed by atoms with Crippen molar-refractivity contribution in [3.05, 3.63) is 22.4 Å². The van der Waals surface area contributed by atoms with Gasteiger partial charge in [-0.1, -0.05) is 6.07 Å². The van der Waals surface area contributed by atoms with E-state index in [1.54, 1.807) is 0 Å². The molecule has 3 nitrogen and oxygen atoms in total. The highest BCUT2D eigenvalue weighted by Crippen LogP contribution is 2.21. The molecule has 1 N–H and O–H groups in total. The lowest BCUT2D eigenvalue weighted by Gasteiger charge is -2.24. The van der Waals surface area contributed by atoms with Crippen LogP contribution in [0.25, 0.3) is 0 Å². The van der Waals surface area contributed by atoms with Crippen LogP contribution in [0.1, 0.15) is 25.6 Å². The number of rotatable bonds is 7. The second-order valence-corrected chi connectivity index (χ2v) is 7.93. The molecule has 0 unspecified atom stereocenters. The Morgan fingerprint density at radius 3 is 2.80 bits per heavy atom. The SMILES string of the molecule is CCNC(=NCC(C)(C)SC)N(C)CCc1cccs1. The number of thiophene rings is 1. The highest BCUT2D eigenvalue weighted by Gasteiger charge is 2.16. The maximum absolute atomic E-state index is 4.77. The number of hydrogen-bond donors (Lipinski definition) is 1. The maximum atomic E-state index is 4.77. The number of nitrogens with one attached hydrogen (secondary N) is 1. The molecule has 1 rings (SSSR count). The molecular weight excluding hydrogens is 286 g/mol.